The van der Waals surface area contributed by atoms with Gasteiger partial charge in [0.1, 0.15) is 0 Å². The molecule has 4 rings (SSSR count). The average Bonchev–Trinajstić information content (AvgIpc) is 3.20. The van der Waals surface area contributed by atoms with Gasteiger partial charge < -0.3 is 0 Å². The predicted molar refractivity (Wildman–Crippen MR) is 127 cm³/mol. The summed E-state index contributed by atoms with van der Waals surface area (Å²) in [6.45, 7) is 6.35. The minimum Gasteiger partial charge on any atom is -0.274 e. The summed E-state index contributed by atoms with van der Waals surface area (Å²) in [7, 11) is 0. The van der Waals surface area contributed by atoms with E-state index in [1.807, 2.05) is 23.1 Å². The number of amides is 1. The van der Waals surface area contributed by atoms with Crippen molar-refractivity contribution in [3.8, 4) is 11.3 Å². The molecule has 0 atom stereocenters. The molecule has 1 aromatic heterocycles. The van der Waals surface area contributed by atoms with Gasteiger partial charge in [-0.1, -0.05) is 74.2 Å². The predicted octanol–water partition coefficient (Wildman–Crippen LogP) is 7.23. The number of carbonyl (C=O) groups is 1. The minimum absolute atomic E-state index is 0.0913. The van der Waals surface area contributed by atoms with Gasteiger partial charge in [-0.05, 0) is 44.7 Å². The van der Waals surface area contributed by atoms with E-state index in [2.05, 4.69) is 51.1 Å². The van der Waals surface area contributed by atoms with Crippen LogP contribution in [-0.2, 0) is 11.2 Å². The molecule has 1 amide bonds. The summed E-state index contributed by atoms with van der Waals surface area (Å²) < 4.78 is 0. The van der Waals surface area contributed by atoms with Crippen molar-refractivity contribution in [3.63, 3.8) is 0 Å². The molecule has 0 saturated heterocycles. The normalized spacial score (nSPS) is 14.6. The van der Waals surface area contributed by atoms with E-state index in [1.54, 1.807) is 11.3 Å². The first kappa shape index (κ1) is 20.8. The number of nitrogens with zero attached hydrogens (tertiary/aromatic N) is 2. The van der Waals surface area contributed by atoms with Crippen LogP contribution in [0.5, 0.6) is 0 Å². The second-order valence-electron chi connectivity index (χ2n) is 8.29. The Bertz CT molecular complexity index is 1020. The Kier molecular flexibility index (Phi) is 6.33. The highest BCUT2D eigenvalue weighted by atomic mass is 32.1. The monoisotopic (exact) mass is 418 g/mol. The first-order chi connectivity index (χ1) is 14.6. The van der Waals surface area contributed by atoms with E-state index in [1.165, 1.54) is 16.9 Å². The highest BCUT2D eigenvalue weighted by molar-refractivity contribution is 7.16. The fourth-order valence-electron chi connectivity index (χ4n) is 4.40. The summed E-state index contributed by atoms with van der Waals surface area (Å²) in [5, 5.41) is 0.799. The van der Waals surface area contributed by atoms with Crippen LogP contribution >= 0.6 is 11.3 Å². The number of hydrogen-bond donors (Lipinski definition) is 0. The first-order valence-corrected chi connectivity index (χ1v) is 11.9. The van der Waals surface area contributed by atoms with Gasteiger partial charge in [-0.2, -0.15) is 0 Å². The van der Waals surface area contributed by atoms with Crippen LogP contribution in [-0.4, -0.2) is 10.9 Å². The number of aryl methyl sites for hydroxylation is 3. The maximum atomic E-state index is 13.8. The zero-order valence-electron chi connectivity index (χ0n) is 18.1. The fraction of sp³-hybridized carbons (Fsp3) is 0.385. The Morgan fingerprint density at radius 3 is 2.47 bits per heavy atom. The van der Waals surface area contributed by atoms with Crippen molar-refractivity contribution < 1.29 is 4.79 Å². The van der Waals surface area contributed by atoms with E-state index in [0.29, 0.717) is 0 Å². The van der Waals surface area contributed by atoms with Crippen LogP contribution in [0.25, 0.3) is 11.3 Å². The summed E-state index contributed by atoms with van der Waals surface area (Å²) in [4.78, 5) is 21.9. The largest absolute Gasteiger partial charge is 0.274 e. The lowest BCUT2D eigenvalue weighted by Crippen LogP contribution is -2.34. The second-order valence-corrected chi connectivity index (χ2v) is 9.35. The molecule has 1 heterocycles. The molecule has 4 heteroatoms. The molecular weight excluding hydrogens is 388 g/mol. The quantitative estimate of drug-likeness (QED) is 0.438. The van der Waals surface area contributed by atoms with Crippen molar-refractivity contribution in [2.45, 2.75) is 59.3 Å². The van der Waals surface area contributed by atoms with Crippen LogP contribution in [0.1, 0.15) is 55.0 Å². The van der Waals surface area contributed by atoms with Gasteiger partial charge in [0.2, 0.25) is 5.91 Å². The Morgan fingerprint density at radius 2 is 1.80 bits per heavy atom. The zero-order valence-corrected chi connectivity index (χ0v) is 19.0. The molecule has 1 saturated carbocycles. The van der Waals surface area contributed by atoms with Gasteiger partial charge in [0.15, 0.2) is 5.13 Å². The van der Waals surface area contributed by atoms with Crippen LogP contribution < -0.4 is 4.90 Å². The molecule has 3 aromatic rings. The van der Waals surface area contributed by atoms with Crippen LogP contribution in [0.2, 0.25) is 0 Å². The summed E-state index contributed by atoms with van der Waals surface area (Å²) in [5.74, 6) is 0.297. The molecule has 0 unspecified atom stereocenters. The number of thiazole rings is 1. The maximum Gasteiger partial charge on any atom is 0.236 e. The summed E-state index contributed by atoms with van der Waals surface area (Å²) in [6.07, 6.45) is 6.40. The van der Waals surface area contributed by atoms with E-state index in [-0.39, 0.29) is 11.8 Å². The zero-order chi connectivity index (χ0) is 21.1. The van der Waals surface area contributed by atoms with Crippen molar-refractivity contribution >= 4 is 28.1 Å². The molecule has 0 N–H and O–H groups in total. The van der Waals surface area contributed by atoms with Crippen molar-refractivity contribution in [1.82, 2.24) is 4.98 Å². The van der Waals surface area contributed by atoms with Gasteiger partial charge in [-0.15, -0.1) is 11.3 Å². The number of carbonyl (C=O) groups excluding carboxylic acids is 1. The lowest BCUT2D eigenvalue weighted by Gasteiger charge is -2.29. The molecule has 0 radical (unpaired) electrons. The van der Waals surface area contributed by atoms with E-state index in [9.17, 15) is 4.79 Å². The molecule has 0 bridgehead atoms. The minimum atomic E-state index is 0.0913. The molecule has 30 heavy (non-hydrogen) atoms. The molecule has 3 nitrogen and oxygen atoms in total. The molecular formula is C26H30N2OS. The number of hydrogen-bond acceptors (Lipinski definition) is 3. The van der Waals surface area contributed by atoms with Gasteiger partial charge in [0.25, 0.3) is 0 Å². The Balaban J connectivity index is 1.81. The van der Waals surface area contributed by atoms with Crippen molar-refractivity contribution in [2.24, 2.45) is 5.92 Å². The fourth-order valence-corrected chi connectivity index (χ4v) is 5.44. The van der Waals surface area contributed by atoms with Crippen LogP contribution in [0, 0.1) is 19.8 Å². The van der Waals surface area contributed by atoms with E-state index >= 15 is 0 Å². The van der Waals surface area contributed by atoms with Gasteiger partial charge in [0, 0.05) is 16.4 Å². The van der Waals surface area contributed by atoms with Crippen LogP contribution in [0.3, 0.4) is 0 Å². The summed E-state index contributed by atoms with van der Waals surface area (Å²) >= 11 is 1.66. The molecule has 156 valence electrons. The number of benzene rings is 2. The van der Waals surface area contributed by atoms with Gasteiger partial charge in [-0.25, -0.2) is 4.98 Å². The third-order valence-corrected chi connectivity index (χ3v) is 7.20. The first-order valence-electron chi connectivity index (χ1n) is 11.0. The van der Waals surface area contributed by atoms with Crippen LogP contribution in [0.15, 0.2) is 48.5 Å². The molecule has 1 fully saturated rings. The number of rotatable bonds is 5. The van der Waals surface area contributed by atoms with Gasteiger partial charge in [-0.3, -0.25) is 9.69 Å². The highest BCUT2D eigenvalue weighted by Gasteiger charge is 2.31. The molecule has 1 aliphatic rings. The molecule has 2 aromatic carbocycles. The van der Waals surface area contributed by atoms with Crippen molar-refractivity contribution in [1.29, 1.82) is 0 Å². The molecule has 0 spiro atoms. The lowest BCUT2D eigenvalue weighted by molar-refractivity contribution is -0.122. The van der Waals surface area contributed by atoms with Gasteiger partial charge in [0.05, 0.1) is 11.4 Å². The SMILES string of the molecule is CCc1sc(N(C(=O)C2CCCCC2)c2ccc(C)cc2C)nc1-c1ccccc1. The molecule has 0 aliphatic heterocycles. The third-order valence-electron chi connectivity index (χ3n) is 6.01. The Morgan fingerprint density at radius 1 is 1.07 bits per heavy atom. The van der Waals surface area contributed by atoms with Crippen molar-refractivity contribution in [3.05, 3.63) is 64.5 Å². The topological polar surface area (TPSA) is 33.2 Å². The standard InChI is InChI=1S/C26H30N2OS/c1-4-23-24(20-11-7-5-8-12-20)27-26(30-23)28(22-16-15-18(2)17-19(22)3)25(29)21-13-9-6-10-14-21/h5,7-8,11-12,15-17,21H,4,6,9-10,13-14H2,1-3H3. The number of aromatic nitrogens is 1. The number of anilines is 2. The molecule has 1 aliphatic carbocycles. The average molecular weight is 419 g/mol. The Labute approximate surface area is 183 Å². The lowest BCUT2D eigenvalue weighted by atomic mass is 9.88. The smallest absolute Gasteiger partial charge is 0.236 e. The van der Waals surface area contributed by atoms with Gasteiger partial charge >= 0.3 is 0 Å². The van der Waals surface area contributed by atoms with E-state index in [4.69, 9.17) is 4.98 Å². The summed E-state index contributed by atoms with van der Waals surface area (Å²) in [6, 6.07) is 16.6. The maximum absolute atomic E-state index is 13.8. The Hall–Kier alpha value is -2.46. The van der Waals surface area contributed by atoms with E-state index in [0.717, 1.165) is 59.7 Å². The second kappa shape index (κ2) is 9.13. The third kappa shape index (κ3) is 4.20. The summed E-state index contributed by atoms with van der Waals surface area (Å²) in [5.41, 5.74) is 5.41. The van der Waals surface area contributed by atoms with Crippen molar-refractivity contribution in [2.75, 3.05) is 4.90 Å². The highest BCUT2D eigenvalue weighted by Crippen LogP contribution is 2.40. The van der Waals surface area contributed by atoms with Crippen LogP contribution in [0.4, 0.5) is 10.8 Å². The van der Waals surface area contributed by atoms with E-state index < -0.39 is 0 Å².